The van der Waals surface area contributed by atoms with Crippen LogP contribution in [-0.2, 0) is 12.8 Å². The first-order valence-corrected chi connectivity index (χ1v) is 6.53. The van der Waals surface area contributed by atoms with Crippen molar-refractivity contribution < 1.29 is 4.79 Å². The van der Waals surface area contributed by atoms with Crippen molar-refractivity contribution >= 4 is 29.0 Å². The van der Waals surface area contributed by atoms with Crippen molar-refractivity contribution in [2.45, 2.75) is 12.8 Å². The lowest BCUT2D eigenvalue weighted by Gasteiger charge is -2.07. The molecule has 0 radical (unpaired) electrons. The SMILES string of the molecule is O=C1c2ccccc2CCc2c(Cl)cc(Cl)cc21. The van der Waals surface area contributed by atoms with Crippen molar-refractivity contribution in [3.63, 3.8) is 0 Å². The van der Waals surface area contributed by atoms with Crippen LogP contribution in [0.1, 0.15) is 27.0 Å². The van der Waals surface area contributed by atoms with Gasteiger partial charge in [0.25, 0.3) is 0 Å². The van der Waals surface area contributed by atoms with Gasteiger partial charge in [-0.1, -0.05) is 47.5 Å². The molecule has 1 aliphatic rings. The fourth-order valence-corrected chi connectivity index (χ4v) is 3.01. The number of carbonyl (C=O) groups is 1. The lowest BCUT2D eigenvalue weighted by Crippen LogP contribution is -2.04. The third-order valence-corrected chi connectivity index (χ3v) is 3.87. The first kappa shape index (κ1) is 11.8. The predicted molar refractivity (Wildman–Crippen MR) is 73.7 cm³/mol. The molecule has 18 heavy (non-hydrogen) atoms. The van der Waals surface area contributed by atoms with Crippen molar-refractivity contribution in [1.82, 2.24) is 0 Å². The molecule has 0 saturated heterocycles. The van der Waals surface area contributed by atoms with E-state index in [-0.39, 0.29) is 5.78 Å². The molecule has 0 saturated carbocycles. The third kappa shape index (κ3) is 1.84. The highest BCUT2D eigenvalue weighted by molar-refractivity contribution is 6.36. The van der Waals surface area contributed by atoms with Gasteiger partial charge < -0.3 is 0 Å². The number of carbonyl (C=O) groups excluding carboxylic acids is 1. The molecule has 0 aliphatic heterocycles. The van der Waals surface area contributed by atoms with Gasteiger partial charge in [0.1, 0.15) is 0 Å². The zero-order valence-electron chi connectivity index (χ0n) is 9.54. The first-order chi connectivity index (χ1) is 8.66. The fourth-order valence-electron chi connectivity index (χ4n) is 2.42. The molecular formula is C15H10Cl2O. The van der Waals surface area contributed by atoms with Crippen LogP contribution in [0, 0.1) is 0 Å². The van der Waals surface area contributed by atoms with Crippen LogP contribution in [0.25, 0.3) is 0 Å². The Morgan fingerprint density at radius 2 is 1.72 bits per heavy atom. The van der Waals surface area contributed by atoms with Crippen LogP contribution >= 0.6 is 23.2 Å². The number of benzene rings is 2. The summed E-state index contributed by atoms with van der Waals surface area (Å²) in [5.41, 5.74) is 3.38. The monoisotopic (exact) mass is 276 g/mol. The minimum absolute atomic E-state index is 0.0162. The van der Waals surface area contributed by atoms with Gasteiger partial charge in [-0.05, 0) is 36.1 Å². The van der Waals surface area contributed by atoms with Gasteiger partial charge in [0.15, 0.2) is 5.78 Å². The van der Waals surface area contributed by atoms with Crippen LogP contribution in [0.15, 0.2) is 36.4 Å². The van der Waals surface area contributed by atoms with Crippen LogP contribution in [-0.4, -0.2) is 5.78 Å². The molecule has 1 nitrogen and oxygen atoms in total. The Morgan fingerprint density at radius 1 is 0.944 bits per heavy atom. The molecule has 1 aliphatic carbocycles. The van der Waals surface area contributed by atoms with Crippen LogP contribution < -0.4 is 0 Å². The van der Waals surface area contributed by atoms with Crippen molar-refractivity contribution in [1.29, 1.82) is 0 Å². The summed E-state index contributed by atoms with van der Waals surface area (Å²) in [6.45, 7) is 0. The lowest BCUT2D eigenvalue weighted by atomic mass is 9.99. The lowest BCUT2D eigenvalue weighted by molar-refractivity contribution is 0.103. The van der Waals surface area contributed by atoms with Crippen molar-refractivity contribution in [2.75, 3.05) is 0 Å². The molecule has 90 valence electrons. The van der Waals surface area contributed by atoms with E-state index in [9.17, 15) is 4.79 Å². The van der Waals surface area contributed by atoms with E-state index < -0.39 is 0 Å². The molecule has 0 fully saturated rings. The molecule has 0 amide bonds. The molecule has 0 heterocycles. The molecule has 0 aromatic heterocycles. The predicted octanol–water partition coefficient (Wildman–Crippen LogP) is 4.32. The summed E-state index contributed by atoms with van der Waals surface area (Å²) in [4.78, 5) is 12.5. The maximum atomic E-state index is 12.5. The highest BCUT2D eigenvalue weighted by Crippen LogP contribution is 2.31. The molecule has 3 rings (SSSR count). The van der Waals surface area contributed by atoms with Gasteiger partial charge in [-0.2, -0.15) is 0 Å². The standard InChI is InChI=1S/C15H10Cl2O/c16-10-7-13-12(14(17)8-10)6-5-9-3-1-2-4-11(9)15(13)18/h1-4,7-8H,5-6H2. The van der Waals surface area contributed by atoms with Gasteiger partial charge in [0.2, 0.25) is 0 Å². The van der Waals surface area contributed by atoms with E-state index in [0.717, 1.165) is 29.5 Å². The Morgan fingerprint density at radius 3 is 2.56 bits per heavy atom. The van der Waals surface area contributed by atoms with E-state index in [2.05, 4.69) is 0 Å². The summed E-state index contributed by atoms with van der Waals surface area (Å²) >= 11 is 12.2. The fraction of sp³-hybridized carbons (Fsp3) is 0.133. The molecule has 0 N–H and O–H groups in total. The van der Waals surface area contributed by atoms with Crippen molar-refractivity contribution in [3.8, 4) is 0 Å². The van der Waals surface area contributed by atoms with E-state index in [4.69, 9.17) is 23.2 Å². The minimum Gasteiger partial charge on any atom is -0.289 e. The number of hydrogen-bond acceptors (Lipinski definition) is 1. The Kier molecular flexibility index (Phi) is 2.89. The normalized spacial score (nSPS) is 13.8. The topological polar surface area (TPSA) is 17.1 Å². The molecule has 3 heteroatoms. The van der Waals surface area contributed by atoms with Crippen molar-refractivity contribution in [3.05, 3.63) is 68.7 Å². The molecule has 0 bridgehead atoms. The number of fused-ring (bicyclic) bond motifs is 2. The van der Waals surface area contributed by atoms with E-state index in [1.807, 2.05) is 24.3 Å². The van der Waals surface area contributed by atoms with E-state index >= 15 is 0 Å². The van der Waals surface area contributed by atoms with Crippen LogP contribution in [0.2, 0.25) is 10.0 Å². The smallest absolute Gasteiger partial charge is 0.193 e. The largest absolute Gasteiger partial charge is 0.289 e. The van der Waals surface area contributed by atoms with E-state index in [1.54, 1.807) is 12.1 Å². The van der Waals surface area contributed by atoms with Gasteiger partial charge in [-0.15, -0.1) is 0 Å². The Balaban J connectivity index is 2.25. The zero-order chi connectivity index (χ0) is 12.7. The minimum atomic E-state index is 0.0162. The summed E-state index contributed by atoms with van der Waals surface area (Å²) in [7, 11) is 0. The zero-order valence-corrected chi connectivity index (χ0v) is 11.1. The highest BCUT2D eigenvalue weighted by Gasteiger charge is 2.22. The van der Waals surface area contributed by atoms with Crippen LogP contribution in [0.4, 0.5) is 0 Å². The Labute approximate surface area is 115 Å². The Bertz CT molecular complexity index is 647. The Hall–Kier alpha value is -1.31. The molecule has 0 spiro atoms. The number of ketones is 1. The van der Waals surface area contributed by atoms with Gasteiger partial charge in [-0.25, -0.2) is 0 Å². The van der Waals surface area contributed by atoms with E-state index in [0.29, 0.717) is 15.6 Å². The van der Waals surface area contributed by atoms with Gasteiger partial charge in [0.05, 0.1) is 0 Å². The third-order valence-electron chi connectivity index (χ3n) is 3.31. The molecule has 0 unspecified atom stereocenters. The maximum Gasteiger partial charge on any atom is 0.193 e. The average Bonchev–Trinajstić information content (AvgIpc) is 2.49. The molecule has 2 aromatic rings. The van der Waals surface area contributed by atoms with Gasteiger partial charge in [0, 0.05) is 21.2 Å². The second-order valence-electron chi connectivity index (χ2n) is 4.40. The quantitative estimate of drug-likeness (QED) is 0.700. The van der Waals surface area contributed by atoms with Gasteiger partial charge >= 0.3 is 0 Å². The number of rotatable bonds is 0. The molecule has 2 aromatic carbocycles. The van der Waals surface area contributed by atoms with Crippen LogP contribution in [0.5, 0.6) is 0 Å². The summed E-state index contributed by atoms with van der Waals surface area (Å²) in [5, 5.41) is 1.09. The van der Waals surface area contributed by atoms with Crippen molar-refractivity contribution in [2.24, 2.45) is 0 Å². The number of aryl methyl sites for hydroxylation is 1. The van der Waals surface area contributed by atoms with Crippen LogP contribution in [0.3, 0.4) is 0 Å². The summed E-state index contributed by atoms with van der Waals surface area (Å²) in [5.74, 6) is 0.0162. The molecular weight excluding hydrogens is 267 g/mol. The molecule has 0 atom stereocenters. The van der Waals surface area contributed by atoms with Gasteiger partial charge in [-0.3, -0.25) is 4.79 Å². The second kappa shape index (κ2) is 4.42. The average molecular weight is 277 g/mol. The second-order valence-corrected chi connectivity index (χ2v) is 5.24. The van der Waals surface area contributed by atoms with E-state index in [1.165, 1.54) is 0 Å². The summed E-state index contributed by atoms with van der Waals surface area (Å²) in [6, 6.07) is 11.1. The maximum absolute atomic E-state index is 12.5. The first-order valence-electron chi connectivity index (χ1n) is 5.77. The highest BCUT2D eigenvalue weighted by atomic mass is 35.5. The number of halogens is 2. The number of hydrogen-bond donors (Lipinski definition) is 0. The summed E-state index contributed by atoms with van der Waals surface area (Å²) in [6.07, 6.45) is 1.60. The summed E-state index contributed by atoms with van der Waals surface area (Å²) < 4.78 is 0.